The number of fused-ring (bicyclic) bond motifs is 3. The molecule has 3 nitrogen and oxygen atoms in total. The lowest BCUT2D eigenvalue weighted by Crippen LogP contribution is -2.45. The predicted octanol–water partition coefficient (Wildman–Crippen LogP) is 6.24. The first-order chi connectivity index (χ1) is 14.7. The van der Waals surface area contributed by atoms with Gasteiger partial charge in [-0.3, -0.25) is 4.79 Å². The molecule has 0 radical (unpaired) electrons. The SMILES string of the molecule is CCC12CC(C)(C=O)CCC1c1cccc(C)c1C2C(=O)NCc1ccc(Cl)cc1C. The largest absolute Gasteiger partial charge is 0.351 e. The number of hydrogen-bond acceptors (Lipinski definition) is 2. The molecule has 1 saturated carbocycles. The lowest BCUT2D eigenvalue weighted by molar-refractivity contribution is -0.130. The van der Waals surface area contributed by atoms with Gasteiger partial charge < -0.3 is 10.1 Å². The highest BCUT2D eigenvalue weighted by Gasteiger charge is 2.59. The Kier molecular flexibility index (Phi) is 5.76. The summed E-state index contributed by atoms with van der Waals surface area (Å²) >= 11 is 6.09. The fourth-order valence-corrected chi connectivity index (χ4v) is 6.62. The zero-order valence-electron chi connectivity index (χ0n) is 18.9. The summed E-state index contributed by atoms with van der Waals surface area (Å²) in [4.78, 5) is 25.8. The molecule has 2 aliphatic rings. The van der Waals surface area contributed by atoms with Crippen LogP contribution in [0.3, 0.4) is 0 Å². The molecule has 4 heteroatoms. The smallest absolute Gasteiger partial charge is 0.228 e. The Bertz CT molecular complexity index is 1030. The molecule has 4 atom stereocenters. The number of benzene rings is 2. The van der Waals surface area contributed by atoms with Crippen molar-refractivity contribution in [1.29, 1.82) is 0 Å². The number of carbonyl (C=O) groups excluding carboxylic acids is 2. The maximum absolute atomic E-state index is 13.8. The van der Waals surface area contributed by atoms with Crippen LogP contribution in [0.4, 0.5) is 0 Å². The minimum absolute atomic E-state index is 0.0735. The molecule has 31 heavy (non-hydrogen) atoms. The summed E-state index contributed by atoms with van der Waals surface area (Å²) in [6, 6.07) is 12.2. The second-order valence-corrected chi connectivity index (χ2v) is 10.4. The Labute approximate surface area is 190 Å². The van der Waals surface area contributed by atoms with Gasteiger partial charge in [0.05, 0.1) is 5.92 Å². The van der Waals surface area contributed by atoms with E-state index in [0.717, 1.165) is 43.1 Å². The highest BCUT2D eigenvalue weighted by atomic mass is 35.5. The molecule has 2 aliphatic carbocycles. The van der Waals surface area contributed by atoms with Gasteiger partial charge >= 0.3 is 0 Å². The fourth-order valence-electron chi connectivity index (χ4n) is 6.39. The number of hydrogen-bond donors (Lipinski definition) is 1. The van der Waals surface area contributed by atoms with Crippen LogP contribution in [0.2, 0.25) is 5.02 Å². The van der Waals surface area contributed by atoms with Crippen LogP contribution >= 0.6 is 11.6 Å². The number of aryl methyl sites for hydroxylation is 2. The van der Waals surface area contributed by atoms with E-state index < -0.39 is 0 Å². The number of amides is 1. The molecule has 0 saturated heterocycles. The summed E-state index contributed by atoms with van der Waals surface area (Å²) in [6.45, 7) is 8.86. The topological polar surface area (TPSA) is 46.2 Å². The van der Waals surface area contributed by atoms with Crippen molar-refractivity contribution in [2.75, 3.05) is 0 Å². The molecule has 1 amide bonds. The van der Waals surface area contributed by atoms with Crippen molar-refractivity contribution in [2.45, 2.75) is 71.8 Å². The molecule has 0 heterocycles. The zero-order chi connectivity index (χ0) is 22.4. The van der Waals surface area contributed by atoms with Crippen LogP contribution in [0.5, 0.6) is 0 Å². The fraction of sp³-hybridized carbons (Fsp3) is 0.481. The molecule has 0 spiro atoms. The van der Waals surface area contributed by atoms with Gasteiger partial charge in [-0.2, -0.15) is 0 Å². The second-order valence-electron chi connectivity index (χ2n) is 9.93. The second kappa shape index (κ2) is 8.09. The van der Waals surface area contributed by atoms with Gasteiger partial charge in [0.15, 0.2) is 0 Å². The Morgan fingerprint density at radius 1 is 1.23 bits per heavy atom. The zero-order valence-corrected chi connectivity index (χ0v) is 19.7. The van der Waals surface area contributed by atoms with Crippen molar-refractivity contribution in [2.24, 2.45) is 10.8 Å². The average Bonchev–Trinajstić information content (AvgIpc) is 3.04. The van der Waals surface area contributed by atoms with Crippen LogP contribution in [0.15, 0.2) is 36.4 Å². The van der Waals surface area contributed by atoms with Gasteiger partial charge in [-0.1, -0.05) is 49.7 Å². The van der Waals surface area contributed by atoms with Crippen molar-refractivity contribution >= 4 is 23.8 Å². The first kappa shape index (κ1) is 22.1. The van der Waals surface area contributed by atoms with Gasteiger partial charge in [0.1, 0.15) is 6.29 Å². The summed E-state index contributed by atoms with van der Waals surface area (Å²) < 4.78 is 0. The lowest BCUT2D eigenvalue weighted by Gasteiger charge is -2.48. The average molecular weight is 438 g/mol. The summed E-state index contributed by atoms with van der Waals surface area (Å²) in [7, 11) is 0. The van der Waals surface area contributed by atoms with Crippen LogP contribution in [-0.2, 0) is 16.1 Å². The van der Waals surface area contributed by atoms with E-state index in [1.165, 1.54) is 16.7 Å². The summed E-state index contributed by atoms with van der Waals surface area (Å²) in [5, 5.41) is 3.94. The molecule has 0 aliphatic heterocycles. The molecule has 2 aromatic carbocycles. The highest BCUT2D eigenvalue weighted by Crippen LogP contribution is 2.66. The van der Waals surface area contributed by atoms with Gasteiger partial charge in [0, 0.05) is 17.0 Å². The maximum atomic E-state index is 13.8. The van der Waals surface area contributed by atoms with E-state index in [9.17, 15) is 9.59 Å². The van der Waals surface area contributed by atoms with Crippen molar-refractivity contribution < 1.29 is 9.59 Å². The van der Waals surface area contributed by atoms with Crippen molar-refractivity contribution in [3.8, 4) is 0 Å². The molecule has 2 aromatic rings. The Morgan fingerprint density at radius 3 is 2.68 bits per heavy atom. The number of nitrogens with one attached hydrogen (secondary N) is 1. The molecule has 0 aromatic heterocycles. The van der Waals surface area contributed by atoms with Gasteiger partial charge in [-0.15, -0.1) is 0 Å². The molecule has 1 N–H and O–H groups in total. The van der Waals surface area contributed by atoms with Crippen LogP contribution < -0.4 is 5.32 Å². The molecule has 4 rings (SSSR count). The standard InChI is InChI=1S/C27H32ClNO2/c1-5-27-15-26(4,16-30)12-11-22(27)21-8-6-7-17(2)23(21)24(27)25(31)29-14-19-9-10-20(28)13-18(19)3/h6-10,13,16,22,24H,5,11-12,14-15H2,1-4H3,(H,29,31). The molecule has 0 bridgehead atoms. The molecular weight excluding hydrogens is 406 g/mol. The Morgan fingerprint density at radius 2 is 2.00 bits per heavy atom. The molecule has 164 valence electrons. The monoisotopic (exact) mass is 437 g/mol. The number of rotatable bonds is 5. The lowest BCUT2D eigenvalue weighted by atomic mass is 9.54. The van der Waals surface area contributed by atoms with Crippen LogP contribution in [0, 0.1) is 24.7 Å². The van der Waals surface area contributed by atoms with E-state index in [-0.39, 0.29) is 22.7 Å². The van der Waals surface area contributed by atoms with E-state index in [2.05, 4.69) is 44.3 Å². The van der Waals surface area contributed by atoms with E-state index in [1.54, 1.807) is 0 Å². The number of aldehydes is 1. The number of carbonyl (C=O) groups is 2. The Balaban J connectivity index is 1.72. The van der Waals surface area contributed by atoms with E-state index >= 15 is 0 Å². The van der Waals surface area contributed by atoms with Crippen LogP contribution in [-0.4, -0.2) is 12.2 Å². The van der Waals surface area contributed by atoms with Gasteiger partial charge in [-0.05, 0) is 90.8 Å². The summed E-state index contributed by atoms with van der Waals surface area (Å²) in [5.41, 5.74) is 5.24. The minimum atomic E-state index is -0.367. The van der Waals surface area contributed by atoms with Gasteiger partial charge in [0.2, 0.25) is 5.91 Å². The molecule has 1 fully saturated rings. The maximum Gasteiger partial charge on any atom is 0.228 e. The molecule has 4 unspecified atom stereocenters. The normalized spacial score (nSPS) is 29.2. The van der Waals surface area contributed by atoms with Crippen LogP contribution in [0.25, 0.3) is 0 Å². The van der Waals surface area contributed by atoms with Crippen molar-refractivity contribution in [1.82, 2.24) is 5.32 Å². The van der Waals surface area contributed by atoms with Gasteiger partial charge in [-0.25, -0.2) is 0 Å². The van der Waals surface area contributed by atoms with Crippen molar-refractivity contribution in [3.05, 3.63) is 69.2 Å². The third-order valence-electron chi connectivity index (χ3n) is 7.99. The number of halogens is 1. The highest BCUT2D eigenvalue weighted by molar-refractivity contribution is 6.30. The van der Waals surface area contributed by atoms with Gasteiger partial charge in [0.25, 0.3) is 0 Å². The summed E-state index contributed by atoms with van der Waals surface area (Å²) in [6.07, 6.45) is 4.61. The molecular formula is C27H32ClNO2. The predicted molar refractivity (Wildman–Crippen MR) is 125 cm³/mol. The first-order valence-corrected chi connectivity index (χ1v) is 11.7. The van der Waals surface area contributed by atoms with E-state index in [0.29, 0.717) is 17.5 Å². The van der Waals surface area contributed by atoms with Crippen molar-refractivity contribution in [3.63, 3.8) is 0 Å². The third kappa shape index (κ3) is 3.61. The first-order valence-electron chi connectivity index (χ1n) is 11.3. The van der Waals surface area contributed by atoms with E-state index in [4.69, 9.17) is 11.6 Å². The third-order valence-corrected chi connectivity index (χ3v) is 8.23. The quantitative estimate of drug-likeness (QED) is 0.562. The van der Waals surface area contributed by atoms with E-state index in [1.807, 2.05) is 25.1 Å². The Hall–Kier alpha value is -2.13. The summed E-state index contributed by atoms with van der Waals surface area (Å²) in [5.74, 6) is 0.170. The minimum Gasteiger partial charge on any atom is -0.351 e. The van der Waals surface area contributed by atoms with Crippen LogP contribution in [0.1, 0.15) is 79.2 Å².